The average molecular weight is 278 g/mol. The lowest BCUT2D eigenvalue weighted by atomic mass is 9.89. The molecule has 6 nitrogen and oxygen atoms in total. The van der Waals surface area contributed by atoms with Gasteiger partial charge in [-0.2, -0.15) is 0 Å². The molecule has 2 rings (SSSR count). The van der Waals surface area contributed by atoms with E-state index in [9.17, 15) is 4.79 Å². The minimum atomic E-state index is -0.0847. The van der Waals surface area contributed by atoms with Gasteiger partial charge in [0, 0.05) is 23.9 Å². The standard InChI is InChI=1S/C14H22N4O2/c1-3-10-5-9(6-13(16-10)18-15)14(19)17-11-7-12(8-11)20-4-2/h5-6,11-12H,3-4,7-8,15H2,1-2H3,(H,16,18)(H,17,19). The molecule has 1 amide bonds. The third kappa shape index (κ3) is 3.46. The number of nitrogens with one attached hydrogen (secondary N) is 2. The Balaban J connectivity index is 1.96. The molecule has 1 heterocycles. The average Bonchev–Trinajstić information content (AvgIpc) is 2.44. The van der Waals surface area contributed by atoms with E-state index in [1.165, 1.54) is 0 Å². The van der Waals surface area contributed by atoms with Crippen LogP contribution in [0.15, 0.2) is 12.1 Å². The van der Waals surface area contributed by atoms with Crippen LogP contribution >= 0.6 is 0 Å². The van der Waals surface area contributed by atoms with Crippen LogP contribution in [0.4, 0.5) is 5.82 Å². The number of carbonyl (C=O) groups is 1. The van der Waals surface area contributed by atoms with E-state index in [0.29, 0.717) is 11.4 Å². The number of nitrogens with two attached hydrogens (primary N) is 1. The third-order valence-corrected chi connectivity index (χ3v) is 3.48. The molecule has 1 aromatic rings. The number of pyridine rings is 1. The van der Waals surface area contributed by atoms with Gasteiger partial charge in [-0.15, -0.1) is 0 Å². The maximum atomic E-state index is 12.2. The van der Waals surface area contributed by atoms with Crippen molar-refractivity contribution in [1.29, 1.82) is 0 Å². The number of hydrogen-bond acceptors (Lipinski definition) is 5. The molecule has 20 heavy (non-hydrogen) atoms. The van der Waals surface area contributed by atoms with Crippen LogP contribution < -0.4 is 16.6 Å². The van der Waals surface area contributed by atoms with Crippen LogP contribution in [0.25, 0.3) is 0 Å². The first-order valence-corrected chi connectivity index (χ1v) is 7.06. The summed E-state index contributed by atoms with van der Waals surface area (Å²) in [5, 5.41) is 3.01. The van der Waals surface area contributed by atoms with Crippen molar-refractivity contribution in [1.82, 2.24) is 10.3 Å². The van der Waals surface area contributed by atoms with E-state index in [1.54, 1.807) is 12.1 Å². The monoisotopic (exact) mass is 278 g/mol. The molecule has 1 aliphatic carbocycles. The predicted octanol–water partition coefficient (Wildman–Crippen LogP) is 1.23. The first kappa shape index (κ1) is 14.7. The summed E-state index contributed by atoms with van der Waals surface area (Å²) in [7, 11) is 0. The fraction of sp³-hybridized carbons (Fsp3) is 0.571. The second-order valence-corrected chi connectivity index (χ2v) is 4.95. The summed E-state index contributed by atoms with van der Waals surface area (Å²) in [5.41, 5.74) is 3.92. The van der Waals surface area contributed by atoms with Crippen LogP contribution in [0.2, 0.25) is 0 Å². The lowest BCUT2D eigenvalue weighted by Crippen LogP contribution is -2.47. The molecule has 1 aromatic heterocycles. The maximum Gasteiger partial charge on any atom is 0.251 e. The molecule has 110 valence electrons. The van der Waals surface area contributed by atoms with Crippen molar-refractivity contribution in [2.24, 2.45) is 5.84 Å². The summed E-state index contributed by atoms with van der Waals surface area (Å²) < 4.78 is 5.48. The molecule has 0 atom stereocenters. The highest BCUT2D eigenvalue weighted by molar-refractivity contribution is 5.95. The molecule has 6 heteroatoms. The Morgan fingerprint density at radius 1 is 1.45 bits per heavy atom. The van der Waals surface area contributed by atoms with Crippen molar-refractivity contribution in [3.8, 4) is 0 Å². The Labute approximate surface area is 119 Å². The van der Waals surface area contributed by atoms with Crippen molar-refractivity contribution in [3.05, 3.63) is 23.4 Å². The molecule has 1 aliphatic rings. The normalized spacial score (nSPS) is 21.1. The van der Waals surface area contributed by atoms with Crippen molar-refractivity contribution in [2.75, 3.05) is 12.0 Å². The number of ether oxygens (including phenoxy) is 1. The zero-order chi connectivity index (χ0) is 14.5. The van der Waals surface area contributed by atoms with Crippen LogP contribution in [-0.2, 0) is 11.2 Å². The Morgan fingerprint density at radius 3 is 2.80 bits per heavy atom. The first-order valence-electron chi connectivity index (χ1n) is 7.06. The Bertz CT molecular complexity index is 450. The minimum absolute atomic E-state index is 0.0847. The topological polar surface area (TPSA) is 89.3 Å². The highest BCUT2D eigenvalue weighted by Crippen LogP contribution is 2.23. The van der Waals surface area contributed by atoms with E-state index >= 15 is 0 Å². The molecule has 1 saturated carbocycles. The zero-order valence-electron chi connectivity index (χ0n) is 12.0. The third-order valence-electron chi connectivity index (χ3n) is 3.48. The van der Waals surface area contributed by atoms with E-state index < -0.39 is 0 Å². The number of nitrogen functional groups attached to an aromatic ring is 1. The lowest BCUT2D eigenvalue weighted by Gasteiger charge is -2.35. The minimum Gasteiger partial charge on any atom is -0.378 e. The molecule has 0 spiro atoms. The van der Waals surface area contributed by atoms with Gasteiger partial charge in [-0.1, -0.05) is 6.92 Å². The number of hydrogen-bond donors (Lipinski definition) is 3. The van der Waals surface area contributed by atoms with Crippen LogP contribution in [-0.4, -0.2) is 29.6 Å². The number of hydrazine groups is 1. The predicted molar refractivity (Wildman–Crippen MR) is 77.3 cm³/mol. The summed E-state index contributed by atoms with van der Waals surface area (Å²) in [6, 6.07) is 3.66. The molecule has 0 radical (unpaired) electrons. The quantitative estimate of drug-likeness (QED) is 0.538. The number of aryl methyl sites for hydroxylation is 1. The van der Waals surface area contributed by atoms with Gasteiger partial charge < -0.3 is 15.5 Å². The molecular weight excluding hydrogens is 256 g/mol. The highest BCUT2D eigenvalue weighted by atomic mass is 16.5. The summed E-state index contributed by atoms with van der Waals surface area (Å²) in [6.07, 6.45) is 2.81. The molecule has 0 saturated heterocycles. The maximum absolute atomic E-state index is 12.2. The van der Waals surface area contributed by atoms with Crippen LogP contribution in [0, 0.1) is 0 Å². The molecule has 0 bridgehead atoms. The summed E-state index contributed by atoms with van der Waals surface area (Å²) in [5.74, 6) is 5.80. The smallest absolute Gasteiger partial charge is 0.251 e. The van der Waals surface area contributed by atoms with E-state index in [1.807, 2.05) is 13.8 Å². The lowest BCUT2D eigenvalue weighted by molar-refractivity contribution is -0.00862. The van der Waals surface area contributed by atoms with Crippen molar-refractivity contribution >= 4 is 11.7 Å². The molecule has 0 aliphatic heterocycles. The fourth-order valence-corrected chi connectivity index (χ4v) is 2.30. The number of aromatic nitrogens is 1. The molecule has 0 aromatic carbocycles. The number of rotatable bonds is 6. The van der Waals surface area contributed by atoms with Gasteiger partial charge in [0.1, 0.15) is 5.82 Å². The van der Waals surface area contributed by atoms with Crippen molar-refractivity contribution in [3.63, 3.8) is 0 Å². The molecular formula is C14H22N4O2. The van der Waals surface area contributed by atoms with Gasteiger partial charge in [0.25, 0.3) is 5.91 Å². The second-order valence-electron chi connectivity index (χ2n) is 4.95. The fourth-order valence-electron chi connectivity index (χ4n) is 2.30. The van der Waals surface area contributed by atoms with Gasteiger partial charge in [0.05, 0.1) is 6.10 Å². The summed E-state index contributed by atoms with van der Waals surface area (Å²) in [4.78, 5) is 16.5. The van der Waals surface area contributed by atoms with Crippen LogP contribution in [0.1, 0.15) is 42.7 Å². The SMILES string of the molecule is CCOC1CC(NC(=O)c2cc(CC)nc(NN)c2)C1. The number of anilines is 1. The van der Waals surface area contributed by atoms with E-state index in [4.69, 9.17) is 10.6 Å². The Hall–Kier alpha value is -1.66. The second kappa shape index (κ2) is 6.67. The number of amides is 1. The largest absolute Gasteiger partial charge is 0.378 e. The van der Waals surface area contributed by atoms with Crippen LogP contribution in [0.3, 0.4) is 0 Å². The van der Waals surface area contributed by atoms with Gasteiger partial charge in [0.2, 0.25) is 0 Å². The van der Waals surface area contributed by atoms with E-state index in [2.05, 4.69) is 15.7 Å². The number of carbonyl (C=O) groups excluding carboxylic acids is 1. The van der Waals surface area contributed by atoms with Gasteiger partial charge in [-0.25, -0.2) is 10.8 Å². The van der Waals surface area contributed by atoms with E-state index in [0.717, 1.165) is 31.6 Å². The Kier molecular flexibility index (Phi) is 4.92. The molecule has 4 N–H and O–H groups in total. The van der Waals surface area contributed by atoms with Crippen LogP contribution in [0.5, 0.6) is 0 Å². The van der Waals surface area contributed by atoms with Crippen molar-refractivity contribution in [2.45, 2.75) is 45.3 Å². The molecule has 1 fully saturated rings. The number of nitrogens with zero attached hydrogens (tertiary/aromatic N) is 1. The summed E-state index contributed by atoms with van der Waals surface area (Å²) in [6.45, 7) is 4.69. The highest BCUT2D eigenvalue weighted by Gasteiger charge is 2.30. The van der Waals surface area contributed by atoms with Gasteiger partial charge in [-0.05, 0) is 38.3 Å². The first-order chi connectivity index (χ1) is 9.66. The van der Waals surface area contributed by atoms with Gasteiger partial charge >= 0.3 is 0 Å². The molecule has 0 unspecified atom stereocenters. The zero-order valence-corrected chi connectivity index (χ0v) is 12.0. The summed E-state index contributed by atoms with van der Waals surface area (Å²) >= 11 is 0. The Morgan fingerprint density at radius 2 is 2.20 bits per heavy atom. The van der Waals surface area contributed by atoms with Crippen molar-refractivity contribution < 1.29 is 9.53 Å². The van der Waals surface area contributed by atoms with Gasteiger partial charge in [-0.3, -0.25) is 4.79 Å². The van der Waals surface area contributed by atoms with E-state index in [-0.39, 0.29) is 18.1 Å². The van der Waals surface area contributed by atoms with Gasteiger partial charge in [0.15, 0.2) is 0 Å².